The Bertz CT molecular complexity index is 944. The van der Waals surface area contributed by atoms with Crippen LogP contribution in [-0.2, 0) is 0 Å². The van der Waals surface area contributed by atoms with Gasteiger partial charge in [-0.1, -0.05) is 0 Å². The molecule has 4 amide bonds. The quantitative estimate of drug-likeness (QED) is 0.817. The number of hydrogen-bond acceptors (Lipinski definition) is 3. The average Bonchev–Trinajstić information content (AvgIpc) is 3.20. The van der Waals surface area contributed by atoms with Gasteiger partial charge in [-0.15, -0.1) is 0 Å². The Morgan fingerprint density at radius 2 is 1.55 bits per heavy atom. The van der Waals surface area contributed by atoms with Crippen LogP contribution in [0.15, 0.2) is 60.4 Å². The maximum Gasteiger partial charge on any atom is 0.338 e. The van der Waals surface area contributed by atoms with Gasteiger partial charge in [0.1, 0.15) is 17.5 Å². The van der Waals surface area contributed by atoms with Crippen LogP contribution in [0.5, 0.6) is 0 Å². The normalized spacial score (nSPS) is 15.6. The lowest BCUT2D eigenvalue weighted by Crippen LogP contribution is -2.52. The lowest BCUT2D eigenvalue weighted by Gasteiger charge is -2.38. The first-order chi connectivity index (χ1) is 14.0. The third-order valence-corrected chi connectivity index (χ3v) is 4.94. The van der Waals surface area contributed by atoms with Crippen molar-refractivity contribution in [2.24, 2.45) is 0 Å². The molecular weight excluding hydrogens is 378 g/mol. The molecule has 2 aromatic carbocycles. The molecule has 0 saturated carbocycles. The SMILES string of the molecule is O=C(Nc1ccc(F)cc1)N(C(=O)N1CCCN2CCC=C21)c1ccc(F)cc1. The fourth-order valence-electron chi connectivity index (χ4n) is 3.57. The summed E-state index contributed by atoms with van der Waals surface area (Å²) in [4.78, 5) is 31.1. The van der Waals surface area contributed by atoms with Gasteiger partial charge >= 0.3 is 12.1 Å². The van der Waals surface area contributed by atoms with E-state index in [9.17, 15) is 18.4 Å². The number of hydrogen-bond donors (Lipinski definition) is 1. The Hall–Kier alpha value is -3.42. The summed E-state index contributed by atoms with van der Waals surface area (Å²) in [6.45, 7) is 2.20. The van der Waals surface area contributed by atoms with E-state index in [0.717, 1.165) is 36.7 Å². The molecule has 0 aromatic heterocycles. The van der Waals surface area contributed by atoms with Crippen molar-refractivity contribution in [1.82, 2.24) is 9.80 Å². The molecule has 29 heavy (non-hydrogen) atoms. The van der Waals surface area contributed by atoms with Gasteiger partial charge < -0.3 is 10.2 Å². The van der Waals surface area contributed by atoms with Crippen molar-refractivity contribution >= 4 is 23.4 Å². The molecule has 1 N–H and O–H groups in total. The summed E-state index contributed by atoms with van der Waals surface area (Å²) in [6, 6.07) is 9.15. The predicted octanol–water partition coefficient (Wildman–Crippen LogP) is 4.38. The molecule has 2 aliphatic rings. The van der Waals surface area contributed by atoms with Crippen molar-refractivity contribution in [3.8, 4) is 0 Å². The Balaban J connectivity index is 1.64. The maximum absolute atomic E-state index is 13.4. The number of rotatable bonds is 2. The Morgan fingerprint density at radius 3 is 2.24 bits per heavy atom. The van der Waals surface area contributed by atoms with E-state index >= 15 is 0 Å². The van der Waals surface area contributed by atoms with Crippen LogP contribution < -0.4 is 10.2 Å². The fraction of sp³-hybridized carbons (Fsp3) is 0.238. The Labute approximate surface area is 167 Å². The molecule has 0 aliphatic carbocycles. The van der Waals surface area contributed by atoms with Crippen molar-refractivity contribution < 1.29 is 18.4 Å². The summed E-state index contributed by atoms with van der Waals surface area (Å²) in [5.41, 5.74) is 0.586. The second kappa shape index (κ2) is 7.90. The summed E-state index contributed by atoms with van der Waals surface area (Å²) < 4.78 is 26.6. The third-order valence-electron chi connectivity index (χ3n) is 4.94. The molecule has 0 radical (unpaired) electrons. The van der Waals surface area contributed by atoms with Gasteiger partial charge in [0.05, 0.1) is 5.69 Å². The highest BCUT2D eigenvalue weighted by Crippen LogP contribution is 2.27. The molecule has 2 heterocycles. The summed E-state index contributed by atoms with van der Waals surface area (Å²) in [6.07, 6.45) is 3.62. The number of imide groups is 1. The monoisotopic (exact) mass is 398 g/mol. The minimum Gasteiger partial charge on any atom is -0.358 e. The number of amides is 4. The predicted molar refractivity (Wildman–Crippen MR) is 105 cm³/mol. The van der Waals surface area contributed by atoms with Crippen LogP contribution in [0.3, 0.4) is 0 Å². The molecule has 0 spiro atoms. The van der Waals surface area contributed by atoms with Gasteiger partial charge in [-0.25, -0.2) is 23.3 Å². The minimum atomic E-state index is -0.705. The van der Waals surface area contributed by atoms with Gasteiger partial charge in [-0.2, -0.15) is 0 Å². The number of halogens is 2. The summed E-state index contributed by atoms with van der Waals surface area (Å²) in [7, 11) is 0. The van der Waals surface area contributed by atoms with Gasteiger partial charge in [0.15, 0.2) is 0 Å². The van der Waals surface area contributed by atoms with Crippen molar-refractivity contribution in [3.05, 3.63) is 72.1 Å². The van der Waals surface area contributed by atoms with Crippen LogP contribution in [0.4, 0.5) is 29.7 Å². The number of carbonyl (C=O) groups is 2. The zero-order chi connectivity index (χ0) is 20.4. The van der Waals surface area contributed by atoms with Crippen LogP contribution in [-0.4, -0.2) is 41.5 Å². The topological polar surface area (TPSA) is 55.9 Å². The Kier molecular flexibility index (Phi) is 5.16. The van der Waals surface area contributed by atoms with E-state index < -0.39 is 23.7 Å². The van der Waals surface area contributed by atoms with Crippen LogP contribution in [0.25, 0.3) is 0 Å². The first-order valence-electron chi connectivity index (χ1n) is 9.42. The number of nitrogens with one attached hydrogen (secondary N) is 1. The zero-order valence-corrected chi connectivity index (χ0v) is 15.6. The van der Waals surface area contributed by atoms with E-state index in [2.05, 4.69) is 10.2 Å². The Morgan fingerprint density at radius 1 is 0.897 bits per heavy atom. The van der Waals surface area contributed by atoms with Gasteiger partial charge in [-0.3, -0.25) is 4.90 Å². The smallest absolute Gasteiger partial charge is 0.338 e. The standard InChI is InChI=1S/C21H20F2N4O2/c22-15-4-8-17(9-5-15)24-20(28)27(18-10-6-16(23)7-11-18)21(29)26-14-2-13-25-12-1-3-19(25)26/h3-11H,1-2,12-14H2,(H,24,28). The lowest BCUT2D eigenvalue weighted by atomic mass is 10.2. The summed E-state index contributed by atoms with van der Waals surface area (Å²) in [5, 5.41) is 2.61. The lowest BCUT2D eigenvalue weighted by molar-refractivity contribution is 0.172. The second-order valence-electron chi connectivity index (χ2n) is 6.87. The van der Waals surface area contributed by atoms with E-state index in [1.54, 1.807) is 4.90 Å². The molecule has 150 valence electrons. The number of benzene rings is 2. The summed E-state index contributed by atoms with van der Waals surface area (Å²) in [5.74, 6) is -0.110. The largest absolute Gasteiger partial charge is 0.358 e. The minimum absolute atomic E-state index is 0.242. The first-order valence-corrected chi connectivity index (χ1v) is 9.42. The number of nitrogens with zero attached hydrogens (tertiary/aromatic N) is 3. The highest BCUT2D eigenvalue weighted by atomic mass is 19.1. The first kappa shape index (κ1) is 18.9. The highest BCUT2D eigenvalue weighted by Gasteiger charge is 2.35. The van der Waals surface area contributed by atoms with Gasteiger partial charge in [0.25, 0.3) is 0 Å². The molecule has 2 aromatic rings. The van der Waals surface area contributed by atoms with Crippen molar-refractivity contribution in [3.63, 3.8) is 0 Å². The molecular formula is C21H20F2N4O2. The van der Waals surface area contributed by atoms with Crippen molar-refractivity contribution in [2.45, 2.75) is 12.8 Å². The molecule has 0 unspecified atom stereocenters. The van der Waals surface area contributed by atoms with E-state index in [1.165, 1.54) is 48.5 Å². The summed E-state index contributed by atoms with van der Waals surface area (Å²) >= 11 is 0. The number of fused-ring (bicyclic) bond motifs is 1. The molecule has 6 nitrogen and oxygen atoms in total. The fourth-order valence-corrected chi connectivity index (χ4v) is 3.57. The van der Waals surface area contributed by atoms with Gasteiger partial charge in [0.2, 0.25) is 0 Å². The molecule has 1 saturated heterocycles. The van der Waals surface area contributed by atoms with Crippen LogP contribution in [0, 0.1) is 11.6 Å². The van der Waals surface area contributed by atoms with Crippen LogP contribution in [0.2, 0.25) is 0 Å². The van der Waals surface area contributed by atoms with Crippen LogP contribution in [0.1, 0.15) is 12.8 Å². The molecule has 8 heteroatoms. The molecule has 2 aliphatic heterocycles. The van der Waals surface area contributed by atoms with Crippen molar-refractivity contribution in [2.75, 3.05) is 29.9 Å². The molecule has 0 atom stereocenters. The second-order valence-corrected chi connectivity index (χ2v) is 6.87. The van der Waals surface area contributed by atoms with E-state index in [-0.39, 0.29) is 5.69 Å². The molecule has 1 fully saturated rings. The highest BCUT2D eigenvalue weighted by molar-refractivity contribution is 6.18. The third kappa shape index (κ3) is 3.91. The van der Waals surface area contributed by atoms with E-state index in [1.807, 2.05) is 6.08 Å². The zero-order valence-electron chi connectivity index (χ0n) is 15.6. The average molecular weight is 398 g/mol. The van der Waals surface area contributed by atoms with Gasteiger partial charge in [-0.05, 0) is 67.4 Å². The van der Waals surface area contributed by atoms with E-state index in [4.69, 9.17) is 0 Å². The molecule has 4 rings (SSSR count). The van der Waals surface area contributed by atoms with Crippen molar-refractivity contribution in [1.29, 1.82) is 0 Å². The maximum atomic E-state index is 13.4. The van der Waals surface area contributed by atoms with E-state index in [0.29, 0.717) is 12.2 Å². The molecule has 0 bridgehead atoms. The van der Waals surface area contributed by atoms with Gasteiger partial charge in [0, 0.05) is 25.3 Å². The number of urea groups is 2. The number of anilines is 2. The number of carbonyl (C=O) groups excluding carboxylic acids is 2. The van der Waals surface area contributed by atoms with Crippen LogP contribution >= 0.6 is 0 Å².